The number of likely N-dealkylation sites (N-methyl/N-ethyl adjacent to an activating group) is 1. The average Bonchev–Trinajstić information content (AvgIpc) is 2.46. The molecule has 0 saturated carbocycles. The second-order valence-electron chi connectivity index (χ2n) is 5.34. The average molecular weight is 263 g/mol. The van der Waals surface area contributed by atoms with Crippen molar-refractivity contribution >= 4 is 0 Å². The number of piperazine rings is 1. The number of hydrogen-bond donors (Lipinski definition) is 1. The number of hydrogen-bond acceptors (Lipinski definition) is 4. The summed E-state index contributed by atoms with van der Waals surface area (Å²) in [5, 5.41) is 0. The van der Waals surface area contributed by atoms with Crippen LogP contribution < -0.4 is 10.5 Å². The molecule has 0 aromatic heterocycles. The first kappa shape index (κ1) is 14.3. The van der Waals surface area contributed by atoms with Crippen LogP contribution in [0.2, 0.25) is 0 Å². The van der Waals surface area contributed by atoms with E-state index in [-0.39, 0.29) is 0 Å². The molecule has 1 aliphatic heterocycles. The van der Waals surface area contributed by atoms with Gasteiger partial charge in [-0.2, -0.15) is 0 Å². The van der Waals surface area contributed by atoms with Crippen LogP contribution in [0.3, 0.4) is 0 Å². The second kappa shape index (κ2) is 6.37. The van der Waals surface area contributed by atoms with Crippen molar-refractivity contribution in [1.29, 1.82) is 0 Å². The highest BCUT2D eigenvalue weighted by atomic mass is 16.5. The number of nitrogens with zero attached hydrogens (tertiary/aromatic N) is 2. The van der Waals surface area contributed by atoms with Crippen LogP contribution in [0.4, 0.5) is 0 Å². The van der Waals surface area contributed by atoms with Crippen molar-refractivity contribution in [3.63, 3.8) is 0 Å². The van der Waals surface area contributed by atoms with E-state index in [9.17, 15) is 0 Å². The number of ether oxygens (including phenoxy) is 1. The van der Waals surface area contributed by atoms with E-state index >= 15 is 0 Å². The van der Waals surface area contributed by atoms with Gasteiger partial charge in [-0.25, -0.2) is 0 Å². The molecule has 0 bridgehead atoms. The van der Waals surface area contributed by atoms with E-state index in [2.05, 4.69) is 35.9 Å². The standard InChI is InChI=1S/C15H25N3O/c1-12(13-4-6-15(19-3)7-5-13)18-9-8-17(2)11-14(18)10-16/h4-7,12,14H,8-11,16H2,1-3H3. The van der Waals surface area contributed by atoms with Gasteiger partial charge in [0.05, 0.1) is 7.11 Å². The van der Waals surface area contributed by atoms with Crippen LogP contribution in [0.5, 0.6) is 5.75 Å². The summed E-state index contributed by atoms with van der Waals surface area (Å²) in [6.45, 7) is 6.21. The zero-order chi connectivity index (χ0) is 13.8. The van der Waals surface area contributed by atoms with Gasteiger partial charge < -0.3 is 15.4 Å². The number of benzene rings is 1. The Hall–Kier alpha value is -1.10. The maximum absolute atomic E-state index is 5.93. The summed E-state index contributed by atoms with van der Waals surface area (Å²) in [4.78, 5) is 4.87. The van der Waals surface area contributed by atoms with Gasteiger partial charge in [0.1, 0.15) is 5.75 Å². The zero-order valence-electron chi connectivity index (χ0n) is 12.2. The summed E-state index contributed by atoms with van der Waals surface area (Å²) in [6.07, 6.45) is 0. The predicted octanol–water partition coefficient (Wildman–Crippen LogP) is 1.33. The molecule has 0 spiro atoms. The van der Waals surface area contributed by atoms with Gasteiger partial charge in [-0.1, -0.05) is 12.1 Å². The van der Waals surface area contributed by atoms with E-state index in [1.54, 1.807) is 7.11 Å². The minimum absolute atomic E-state index is 0.396. The quantitative estimate of drug-likeness (QED) is 0.890. The maximum Gasteiger partial charge on any atom is 0.118 e. The lowest BCUT2D eigenvalue weighted by Crippen LogP contribution is -2.55. The van der Waals surface area contributed by atoms with Crippen LogP contribution in [-0.4, -0.2) is 56.2 Å². The molecule has 1 fully saturated rings. The Morgan fingerprint density at radius 1 is 1.32 bits per heavy atom. The molecular weight excluding hydrogens is 238 g/mol. The molecule has 0 amide bonds. The first-order valence-corrected chi connectivity index (χ1v) is 6.94. The Labute approximate surface area is 116 Å². The smallest absolute Gasteiger partial charge is 0.118 e. The lowest BCUT2D eigenvalue weighted by atomic mass is 10.0. The van der Waals surface area contributed by atoms with Crippen LogP contribution in [0.1, 0.15) is 18.5 Å². The summed E-state index contributed by atoms with van der Waals surface area (Å²) in [5.74, 6) is 0.907. The van der Waals surface area contributed by atoms with Gasteiger partial charge in [0.25, 0.3) is 0 Å². The van der Waals surface area contributed by atoms with Gasteiger partial charge in [0.15, 0.2) is 0 Å². The van der Waals surface area contributed by atoms with Crippen molar-refractivity contribution in [3.8, 4) is 5.75 Å². The van der Waals surface area contributed by atoms with Crippen LogP contribution in [0.15, 0.2) is 24.3 Å². The molecule has 0 aliphatic carbocycles. The topological polar surface area (TPSA) is 41.7 Å². The Balaban J connectivity index is 2.10. The van der Waals surface area contributed by atoms with E-state index in [4.69, 9.17) is 10.5 Å². The molecule has 2 unspecified atom stereocenters. The van der Waals surface area contributed by atoms with Gasteiger partial charge in [0.2, 0.25) is 0 Å². The SMILES string of the molecule is COc1ccc(C(C)N2CCN(C)CC2CN)cc1. The van der Waals surface area contributed by atoms with E-state index in [0.717, 1.165) is 25.4 Å². The van der Waals surface area contributed by atoms with Crippen molar-refractivity contribution < 1.29 is 4.74 Å². The predicted molar refractivity (Wildman–Crippen MR) is 78.5 cm³/mol. The van der Waals surface area contributed by atoms with Crippen molar-refractivity contribution in [2.24, 2.45) is 5.73 Å². The summed E-state index contributed by atoms with van der Waals surface area (Å²) < 4.78 is 5.21. The monoisotopic (exact) mass is 263 g/mol. The molecule has 4 nitrogen and oxygen atoms in total. The summed E-state index contributed by atoms with van der Waals surface area (Å²) in [6, 6.07) is 9.19. The maximum atomic E-state index is 5.93. The molecule has 2 N–H and O–H groups in total. The van der Waals surface area contributed by atoms with Crippen molar-refractivity contribution in [1.82, 2.24) is 9.80 Å². The molecule has 2 atom stereocenters. The largest absolute Gasteiger partial charge is 0.497 e. The lowest BCUT2D eigenvalue weighted by molar-refractivity contribution is 0.0621. The lowest BCUT2D eigenvalue weighted by Gasteiger charge is -2.43. The van der Waals surface area contributed by atoms with Gasteiger partial charge in [-0.3, -0.25) is 4.90 Å². The first-order valence-electron chi connectivity index (χ1n) is 6.94. The van der Waals surface area contributed by atoms with Gasteiger partial charge in [0, 0.05) is 38.3 Å². The molecule has 1 aromatic rings. The van der Waals surface area contributed by atoms with Crippen LogP contribution in [0.25, 0.3) is 0 Å². The normalized spacial score (nSPS) is 23.3. The molecule has 4 heteroatoms. The molecule has 1 saturated heterocycles. The molecular formula is C15H25N3O. The zero-order valence-corrected chi connectivity index (χ0v) is 12.2. The summed E-state index contributed by atoms with van der Waals surface area (Å²) in [5.41, 5.74) is 7.25. The minimum Gasteiger partial charge on any atom is -0.497 e. The van der Waals surface area contributed by atoms with Crippen LogP contribution >= 0.6 is 0 Å². The molecule has 1 aliphatic rings. The van der Waals surface area contributed by atoms with E-state index in [0.29, 0.717) is 18.6 Å². The third kappa shape index (κ3) is 3.26. The Morgan fingerprint density at radius 3 is 2.58 bits per heavy atom. The summed E-state index contributed by atoms with van der Waals surface area (Å²) in [7, 11) is 3.86. The fourth-order valence-corrected chi connectivity index (χ4v) is 2.82. The minimum atomic E-state index is 0.396. The molecule has 106 valence electrons. The van der Waals surface area contributed by atoms with Gasteiger partial charge in [-0.15, -0.1) is 0 Å². The van der Waals surface area contributed by atoms with Crippen molar-refractivity contribution in [2.75, 3.05) is 40.3 Å². The van der Waals surface area contributed by atoms with Crippen LogP contribution in [-0.2, 0) is 0 Å². The third-order valence-electron chi connectivity index (χ3n) is 4.10. The number of methoxy groups -OCH3 is 1. The third-order valence-corrected chi connectivity index (χ3v) is 4.10. The summed E-state index contributed by atoms with van der Waals surface area (Å²) >= 11 is 0. The number of nitrogens with two attached hydrogens (primary N) is 1. The number of rotatable bonds is 4. The first-order chi connectivity index (χ1) is 9.15. The highest BCUT2D eigenvalue weighted by molar-refractivity contribution is 5.29. The highest BCUT2D eigenvalue weighted by Gasteiger charge is 2.28. The molecule has 19 heavy (non-hydrogen) atoms. The van der Waals surface area contributed by atoms with Crippen molar-refractivity contribution in [3.05, 3.63) is 29.8 Å². The Bertz CT molecular complexity index is 393. The van der Waals surface area contributed by atoms with Gasteiger partial charge in [-0.05, 0) is 31.7 Å². The fraction of sp³-hybridized carbons (Fsp3) is 0.600. The van der Waals surface area contributed by atoms with Gasteiger partial charge >= 0.3 is 0 Å². The fourth-order valence-electron chi connectivity index (χ4n) is 2.82. The molecule has 2 rings (SSSR count). The Kier molecular flexibility index (Phi) is 4.80. The van der Waals surface area contributed by atoms with Crippen LogP contribution in [0, 0.1) is 0 Å². The Morgan fingerprint density at radius 2 is 2.00 bits per heavy atom. The second-order valence-corrected chi connectivity index (χ2v) is 5.34. The molecule has 1 heterocycles. The van der Waals surface area contributed by atoms with Crippen molar-refractivity contribution in [2.45, 2.75) is 19.0 Å². The molecule has 0 radical (unpaired) electrons. The van der Waals surface area contributed by atoms with E-state index in [1.807, 2.05) is 12.1 Å². The molecule has 1 aromatic carbocycles. The highest BCUT2D eigenvalue weighted by Crippen LogP contribution is 2.25. The van der Waals surface area contributed by atoms with E-state index in [1.165, 1.54) is 5.56 Å². The van der Waals surface area contributed by atoms with E-state index < -0.39 is 0 Å².